The lowest BCUT2D eigenvalue weighted by Crippen LogP contribution is -2.11. The number of hydrogen-bond acceptors (Lipinski definition) is 2. The molecule has 1 aromatic rings. The second-order valence-electron chi connectivity index (χ2n) is 4.04. The summed E-state index contributed by atoms with van der Waals surface area (Å²) in [7, 11) is 0. The molecule has 16 heavy (non-hydrogen) atoms. The molecule has 0 fully saturated rings. The number of anilines is 1. The summed E-state index contributed by atoms with van der Waals surface area (Å²) in [6.07, 6.45) is 0. The summed E-state index contributed by atoms with van der Waals surface area (Å²) in [6.45, 7) is 7.98. The van der Waals surface area contributed by atoms with E-state index in [-0.39, 0.29) is 12.1 Å². The fraction of sp³-hybridized carbons (Fsp3) is 0.308. The van der Waals surface area contributed by atoms with E-state index in [1.165, 1.54) is 5.56 Å². The lowest BCUT2D eigenvalue weighted by atomic mass is 10.0. The molecule has 0 heterocycles. The maximum absolute atomic E-state index is 10.5. The van der Waals surface area contributed by atoms with Crippen molar-refractivity contribution >= 4 is 11.7 Å². The molecular formula is C13H17NO2. The molecule has 0 atom stereocenters. The number of hydrogen-bond donors (Lipinski definition) is 2. The van der Waals surface area contributed by atoms with Crippen molar-refractivity contribution < 1.29 is 9.90 Å². The number of carboxylic acids is 1. The first-order valence-electron chi connectivity index (χ1n) is 5.25. The first-order valence-corrected chi connectivity index (χ1v) is 5.25. The average Bonchev–Trinajstić information content (AvgIpc) is 2.26. The quantitative estimate of drug-likeness (QED) is 0.749. The molecule has 1 rings (SSSR count). The molecule has 1 aromatic carbocycles. The molecule has 0 amide bonds. The van der Waals surface area contributed by atoms with E-state index >= 15 is 0 Å². The molecule has 0 aliphatic carbocycles. The molecule has 0 radical (unpaired) electrons. The maximum atomic E-state index is 10.5. The van der Waals surface area contributed by atoms with Crippen LogP contribution in [-0.4, -0.2) is 17.6 Å². The smallest absolute Gasteiger partial charge is 0.332 e. The Hall–Kier alpha value is -1.77. The lowest BCUT2D eigenvalue weighted by Gasteiger charge is -2.09. The summed E-state index contributed by atoms with van der Waals surface area (Å²) < 4.78 is 0. The van der Waals surface area contributed by atoms with Crippen molar-refractivity contribution in [1.29, 1.82) is 0 Å². The van der Waals surface area contributed by atoms with Gasteiger partial charge in [-0.1, -0.05) is 32.6 Å². The molecule has 2 N–H and O–H groups in total. The van der Waals surface area contributed by atoms with Gasteiger partial charge in [0.1, 0.15) is 0 Å². The SMILES string of the molecule is C=C(CNc1ccc(C(C)C)cc1)C(=O)O. The van der Waals surface area contributed by atoms with E-state index in [2.05, 4.69) is 25.7 Å². The minimum Gasteiger partial charge on any atom is -0.478 e. The molecular weight excluding hydrogens is 202 g/mol. The van der Waals surface area contributed by atoms with Gasteiger partial charge in [-0.05, 0) is 23.6 Å². The maximum Gasteiger partial charge on any atom is 0.332 e. The van der Waals surface area contributed by atoms with Crippen molar-refractivity contribution in [2.45, 2.75) is 19.8 Å². The van der Waals surface area contributed by atoms with E-state index in [0.717, 1.165) is 5.69 Å². The van der Waals surface area contributed by atoms with Gasteiger partial charge >= 0.3 is 5.97 Å². The summed E-state index contributed by atoms with van der Waals surface area (Å²) in [6, 6.07) is 7.97. The third-order valence-corrected chi connectivity index (χ3v) is 2.39. The first kappa shape index (κ1) is 12.3. The Balaban J connectivity index is 2.56. The molecule has 86 valence electrons. The van der Waals surface area contributed by atoms with Gasteiger partial charge in [0.2, 0.25) is 0 Å². The van der Waals surface area contributed by atoms with E-state index in [9.17, 15) is 4.79 Å². The summed E-state index contributed by atoms with van der Waals surface area (Å²) in [5, 5.41) is 11.6. The molecule has 0 bridgehead atoms. The van der Waals surface area contributed by atoms with Crippen LogP contribution >= 0.6 is 0 Å². The number of carboxylic acid groups (broad SMARTS) is 1. The summed E-state index contributed by atoms with van der Waals surface area (Å²) in [5.41, 5.74) is 2.34. The highest BCUT2D eigenvalue weighted by atomic mass is 16.4. The highest BCUT2D eigenvalue weighted by Gasteiger charge is 2.03. The molecule has 0 aliphatic rings. The van der Waals surface area contributed by atoms with E-state index in [1.54, 1.807) is 0 Å². The third-order valence-electron chi connectivity index (χ3n) is 2.39. The van der Waals surface area contributed by atoms with Gasteiger partial charge in [-0.15, -0.1) is 0 Å². The van der Waals surface area contributed by atoms with Crippen LogP contribution in [0.15, 0.2) is 36.4 Å². The highest BCUT2D eigenvalue weighted by molar-refractivity contribution is 5.86. The predicted octanol–water partition coefficient (Wildman–Crippen LogP) is 2.86. The largest absolute Gasteiger partial charge is 0.478 e. The van der Waals surface area contributed by atoms with Crippen LogP contribution in [0.5, 0.6) is 0 Å². The van der Waals surface area contributed by atoms with Gasteiger partial charge < -0.3 is 10.4 Å². The molecule has 3 heteroatoms. The molecule has 3 nitrogen and oxygen atoms in total. The second-order valence-corrected chi connectivity index (χ2v) is 4.04. The number of nitrogens with one attached hydrogen (secondary N) is 1. The minimum absolute atomic E-state index is 0.160. The zero-order valence-corrected chi connectivity index (χ0v) is 9.66. The Kier molecular flexibility index (Phi) is 4.11. The molecule has 0 aliphatic heterocycles. The highest BCUT2D eigenvalue weighted by Crippen LogP contribution is 2.17. The van der Waals surface area contributed by atoms with E-state index in [1.807, 2.05) is 24.3 Å². The zero-order valence-electron chi connectivity index (χ0n) is 9.66. The normalized spacial score (nSPS) is 10.2. The number of aliphatic carboxylic acids is 1. The van der Waals surface area contributed by atoms with Crippen molar-refractivity contribution in [3.05, 3.63) is 42.0 Å². The van der Waals surface area contributed by atoms with Gasteiger partial charge in [0.05, 0.1) is 0 Å². The van der Waals surface area contributed by atoms with Crippen molar-refractivity contribution in [2.75, 3.05) is 11.9 Å². The van der Waals surface area contributed by atoms with Crippen LogP contribution < -0.4 is 5.32 Å². The summed E-state index contributed by atoms with van der Waals surface area (Å²) in [4.78, 5) is 10.5. The van der Waals surface area contributed by atoms with Crippen molar-refractivity contribution in [3.63, 3.8) is 0 Å². The van der Waals surface area contributed by atoms with Crippen LogP contribution in [0.25, 0.3) is 0 Å². The molecule has 0 saturated heterocycles. The number of rotatable bonds is 5. The van der Waals surface area contributed by atoms with E-state index in [4.69, 9.17) is 5.11 Å². The van der Waals surface area contributed by atoms with Gasteiger partial charge in [-0.2, -0.15) is 0 Å². The Labute approximate surface area is 95.8 Å². The van der Waals surface area contributed by atoms with Crippen LogP contribution in [0.4, 0.5) is 5.69 Å². The van der Waals surface area contributed by atoms with Crippen molar-refractivity contribution in [1.82, 2.24) is 0 Å². The fourth-order valence-electron chi connectivity index (χ4n) is 1.27. The van der Waals surface area contributed by atoms with Gasteiger partial charge in [0.25, 0.3) is 0 Å². The van der Waals surface area contributed by atoms with Crippen LogP contribution in [0.1, 0.15) is 25.3 Å². The van der Waals surface area contributed by atoms with Crippen molar-refractivity contribution in [2.24, 2.45) is 0 Å². The number of benzene rings is 1. The number of carbonyl (C=O) groups is 1. The van der Waals surface area contributed by atoms with Gasteiger partial charge in [-0.3, -0.25) is 0 Å². The minimum atomic E-state index is -0.966. The van der Waals surface area contributed by atoms with Crippen LogP contribution in [0, 0.1) is 0 Å². The van der Waals surface area contributed by atoms with Gasteiger partial charge in [0, 0.05) is 17.8 Å². The van der Waals surface area contributed by atoms with E-state index in [0.29, 0.717) is 5.92 Å². The Morgan fingerprint density at radius 3 is 2.38 bits per heavy atom. The third kappa shape index (κ3) is 3.42. The Morgan fingerprint density at radius 2 is 1.94 bits per heavy atom. The molecule has 0 saturated carbocycles. The topological polar surface area (TPSA) is 49.3 Å². The Bertz CT molecular complexity index is 379. The standard InChI is InChI=1S/C13H17NO2/c1-9(2)11-4-6-12(7-5-11)14-8-10(3)13(15)16/h4-7,9,14H,3,8H2,1-2H3,(H,15,16). The van der Waals surface area contributed by atoms with Gasteiger partial charge in [0.15, 0.2) is 0 Å². The second kappa shape index (κ2) is 5.35. The van der Waals surface area contributed by atoms with Crippen molar-refractivity contribution in [3.8, 4) is 0 Å². The fourth-order valence-corrected chi connectivity index (χ4v) is 1.27. The zero-order chi connectivity index (χ0) is 12.1. The molecule has 0 spiro atoms. The molecule has 0 unspecified atom stereocenters. The van der Waals surface area contributed by atoms with Crippen LogP contribution in [0.2, 0.25) is 0 Å². The van der Waals surface area contributed by atoms with E-state index < -0.39 is 5.97 Å². The molecule has 0 aromatic heterocycles. The predicted molar refractivity (Wildman–Crippen MR) is 65.8 cm³/mol. The summed E-state index contributed by atoms with van der Waals surface area (Å²) >= 11 is 0. The first-order chi connectivity index (χ1) is 7.50. The monoisotopic (exact) mass is 219 g/mol. The summed E-state index contributed by atoms with van der Waals surface area (Å²) in [5.74, 6) is -0.464. The lowest BCUT2D eigenvalue weighted by molar-refractivity contribution is -0.132. The van der Waals surface area contributed by atoms with Crippen LogP contribution in [-0.2, 0) is 4.79 Å². The Morgan fingerprint density at radius 1 is 1.38 bits per heavy atom. The van der Waals surface area contributed by atoms with Gasteiger partial charge in [-0.25, -0.2) is 4.79 Å². The van der Waals surface area contributed by atoms with Crippen LogP contribution in [0.3, 0.4) is 0 Å². The average molecular weight is 219 g/mol.